The summed E-state index contributed by atoms with van der Waals surface area (Å²) in [6, 6.07) is 7.03. The molecule has 10 heteroatoms. The Hall–Kier alpha value is -3.27. The lowest BCUT2D eigenvalue weighted by Crippen LogP contribution is -2.54. The highest BCUT2D eigenvalue weighted by Gasteiger charge is 2.29. The summed E-state index contributed by atoms with van der Waals surface area (Å²) in [4.78, 5) is 59.4. The van der Waals surface area contributed by atoms with Gasteiger partial charge in [-0.15, -0.1) is 0 Å². The van der Waals surface area contributed by atoms with Crippen LogP contribution in [-0.2, 0) is 32.1 Å². The van der Waals surface area contributed by atoms with Gasteiger partial charge in [-0.2, -0.15) is 4.99 Å². The van der Waals surface area contributed by atoms with Crippen LogP contribution in [0.4, 0.5) is 4.79 Å². The van der Waals surface area contributed by atoms with Crippen LogP contribution < -0.4 is 10.6 Å². The van der Waals surface area contributed by atoms with Crippen molar-refractivity contribution in [3.63, 3.8) is 0 Å². The topological polar surface area (TPSA) is 120 Å². The molecule has 1 aromatic rings. The first-order valence-electron chi connectivity index (χ1n) is 15.4. The molecule has 1 atom stereocenters. The average Bonchev–Trinajstić information content (AvgIpc) is 3.23. The van der Waals surface area contributed by atoms with Crippen LogP contribution in [0.5, 0.6) is 0 Å². The molecule has 0 bridgehead atoms. The van der Waals surface area contributed by atoms with Gasteiger partial charge in [0.2, 0.25) is 11.8 Å². The second-order valence-corrected chi connectivity index (χ2v) is 12.5. The normalized spacial score (nSPS) is 18.1. The van der Waals surface area contributed by atoms with Gasteiger partial charge in [0.25, 0.3) is 5.91 Å². The lowest BCUT2D eigenvalue weighted by Gasteiger charge is -2.34. The quantitative estimate of drug-likeness (QED) is 0.337. The van der Waals surface area contributed by atoms with Gasteiger partial charge in [0.1, 0.15) is 17.4 Å². The molecule has 1 saturated heterocycles. The number of nitrogens with one attached hydrogen (secondary N) is 2. The first-order valence-corrected chi connectivity index (χ1v) is 15.4. The Labute approximate surface area is 250 Å². The molecule has 1 heterocycles. The fraction of sp³-hybridized carbons (Fsp3) is 0.656. The van der Waals surface area contributed by atoms with Gasteiger partial charge in [0, 0.05) is 51.5 Å². The van der Waals surface area contributed by atoms with Crippen molar-refractivity contribution in [2.75, 3.05) is 33.2 Å². The van der Waals surface area contributed by atoms with Crippen LogP contribution in [0.2, 0.25) is 0 Å². The van der Waals surface area contributed by atoms with Gasteiger partial charge in [0.15, 0.2) is 0 Å². The van der Waals surface area contributed by atoms with Crippen molar-refractivity contribution < 1.29 is 23.9 Å². The van der Waals surface area contributed by atoms with E-state index in [2.05, 4.69) is 20.5 Å². The number of hydrogen-bond donors (Lipinski definition) is 2. The molecule has 1 saturated carbocycles. The Morgan fingerprint density at radius 1 is 0.952 bits per heavy atom. The van der Waals surface area contributed by atoms with Crippen molar-refractivity contribution in [2.45, 2.75) is 97.2 Å². The molecule has 0 unspecified atom stereocenters. The number of rotatable bonds is 9. The Morgan fingerprint density at radius 3 is 2.12 bits per heavy atom. The third kappa shape index (κ3) is 10.9. The van der Waals surface area contributed by atoms with E-state index < -0.39 is 17.7 Å². The summed E-state index contributed by atoms with van der Waals surface area (Å²) in [5, 5.41) is 5.85. The molecule has 2 aliphatic rings. The number of hydrogen-bond acceptors (Lipinski definition) is 6. The molecular weight excluding hydrogens is 534 g/mol. The molecule has 4 amide bonds. The molecule has 42 heavy (non-hydrogen) atoms. The van der Waals surface area contributed by atoms with Crippen LogP contribution in [0.1, 0.15) is 83.8 Å². The van der Waals surface area contributed by atoms with Crippen molar-refractivity contribution in [1.82, 2.24) is 20.4 Å². The van der Waals surface area contributed by atoms with Gasteiger partial charge in [0.05, 0.1) is 0 Å². The Bertz CT molecular complexity index is 1100. The Balaban J connectivity index is 1.65. The van der Waals surface area contributed by atoms with Crippen LogP contribution in [-0.4, -0.2) is 84.2 Å². The zero-order chi connectivity index (χ0) is 30.7. The number of carbonyl (C=O) groups is 4. The standard InChI is InChI=1S/C32H49N5O5/c1-6-27(38)34-26(30(40)37-19-17-36(5)18-20-37)21-23-13-15-24(16-14-23)22-33-29(39)28(25-11-9-7-8-10-12-25)35-31(41)42-32(2,3)4/h13-16,25-26H,6-12,17-22H2,1-5H3,(H,33,39)(H,34,38)/b35-28+/t26-/m1/s1. The highest BCUT2D eigenvalue weighted by molar-refractivity contribution is 6.41. The number of likely N-dealkylation sites (N-methyl/N-ethyl adjacent to an activating group) is 1. The summed E-state index contributed by atoms with van der Waals surface area (Å²) in [5.41, 5.74) is 1.35. The maximum absolute atomic E-state index is 13.3. The van der Waals surface area contributed by atoms with Gasteiger partial charge >= 0.3 is 6.09 Å². The number of amides is 4. The molecular formula is C32H49N5O5. The van der Waals surface area contributed by atoms with Crippen molar-refractivity contribution in [3.8, 4) is 0 Å². The summed E-state index contributed by atoms with van der Waals surface area (Å²) in [7, 11) is 2.04. The number of carbonyl (C=O) groups excluding carboxylic acids is 4. The second-order valence-electron chi connectivity index (χ2n) is 12.5. The van der Waals surface area contributed by atoms with Crippen LogP contribution in [0.3, 0.4) is 0 Å². The smallest absolute Gasteiger partial charge is 0.434 e. The van der Waals surface area contributed by atoms with E-state index in [0.29, 0.717) is 25.9 Å². The van der Waals surface area contributed by atoms with E-state index in [0.717, 1.165) is 62.7 Å². The molecule has 2 N–H and O–H groups in total. The Morgan fingerprint density at radius 2 is 1.55 bits per heavy atom. The molecule has 1 aliphatic heterocycles. The minimum atomic E-state index is -0.739. The molecule has 0 spiro atoms. The van der Waals surface area contributed by atoms with Gasteiger partial charge in [-0.1, -0.05) is 56.9 Å². The van der Waals surface area contributed by atoms with E-state index in [1.807, 2.05) is 36.2 Å². The number of aliphatic imine (C=N–C) groups is 1. The predicted octanol–water partition coefficient (Wildman–Crippen LogP) is 3.86. The molecule has 0 aromatic heterocycles. The van der Waals surface area contributed by atoms with Crippen molar-refractivity contribution in [3.05, 3.63) is 35.4 Å². The maximum Gasteiger partial charge on any atom is 0.434 e. The van der Waals surface area contributed by atoms with Crippen LogP contribution in [0.25, 0.3) is 0 Å². The first-order chi connectivity index (χ1) is 19.9. The molecule has 1 aliphatic carbocycles. The van der Waals surface area contributed by atoms with E-state index in [1.54, 1.807) is 27.7 Å². The van der Waals surface area contributed by atoms with E-state index in [4.69, 9.17) is 4.74 Å². The maximum atomic E-state index is 13.3. The number of ether oxygens (including phenoxy) is 1. The first kappa shape index (κ1) is 33.2. The lowest BCUT2D eigenvalue weighted by atomic mass is 9.94. The fourth-order valence-electron chi connectivity index (χ4n) is 5.31. The van der Waals surface area contributed by atoms with Gasteiger partial charge in [-0.05, 0) is 51.8 Å². The minimum absolute atomic E-state index is 0.0587. The van der Waals surface area contributed by atoms with Crippen molar-refractivity contribution >= 4 is 29.5 Å². The third-order valence-electron chi connectivity index (χ3n) is 7.76. The number of nitrogens with zero attached hydrogens (tertiary/aromatic N) is 3. The van der Waals surface area contributed by atoms with Crippen molar-refractivity contribution in [1.29, 1.82) is 0 Å². The monoisotopic (exact) mass is 583 g/mol. The zero-order valence-corrected chi connectivity index (χ0v) is 26.0. The molecule has 1 aromatic carbocycles. The summed E-state index contributed by atoms with van der Waals surface area (Å²) in [6.07, 6.45) is 5.86. The van der Waals surface area contributed by atoms with Crippen molar-refractivity contribution in [2.24, 2.45) is 10.9 Å². The molecule has 3 rings (SSSR count). The van der Waals surface area contributed by atoms with E-state index in [1.165, 1.54) is 0 Å². The highest BCUT2D eigenvalue weighted by Crippen LogP contribution is 2.25. The fourth-order valence-corrected chi connectivity index (χ4v) is 5.31. The van der Waals surface area contributed by atoms with E-state index in [-0.39, 0.29) is 35.9 Å². The number of benzene rings is 1. The largest absolute Gasteiger partial charge is 0.442 e. The zero-order valence-electron chi connectivity index (χ0n) is 26.0. The van der Waals surface area contributed by atoms with Gasteiger partial charge < -0.3 is 25.2 Å². The number of piperazine rings is 1. The van der Waals surface area contributed by atoms with Gasteiger partial charge in [-0.3, -0.25) is 14.4 Å². The Kier molecular flexibility index (Phi) is 12.5. The summed E-state index contributed by atoms with van der Waals surface area (Å²) in [6.45, 7) is 10.3. The minimum Gasteiger partial charge on any atom is -0.442 e. The average molecular weight is 584 g/mol. The van der Waals surface area contributed by atoms with E-state index >= 15 is 0 Å². The van der Waals surface area contributed by atoms with Crippen LogP contribution in [0.15, 0.2) is 29.3 Å². The summed E-state index contributed by atoms with van der Waals surface area (Å²) < 4.78 is 5.38. The summed E-state index contributed by atoms with van der Waals surface area (Å²) in [5.74, 6) is -0.636. The third-order valence-corrected chi connectivity index (χ3v) is 7.76. The highest BCUT2D eigenvalue weighted by atomic mass is 16.6. The predicted molar refractivity (Wildman–Crippen MR) is 163 cm³/mol. The lowest BCUT2D eigenvalue weighted by molar-refractivity contribution is -0.137. The molecule has 232 valence electrons. The van der Waals surface area contributed by atoms with Crippen LogP contribution >= 0.6 is 0 Å². The molecule has 10 nitrogen and oxygen atoms in total. The molecule has 0 radical (unpaired) electrons. The van der Waals surface area contributed by atoms with Crippen LogP contribution in [0, 0.1) is 5.92 Å². The summed E-state index contributed by atoms with van der Waals surface area (Å²) >= 11 is 0. The SMILES string of the molecule is CCC(=O)N[C@H](Cc1ccc(CNC(=O)/C(=N/C(=O)OC(C)(C)C)C2CCCCCC2)cc1)C(=O)N1CCN(C)CC1. The molecule has 2 fully saturated rings. The van der Waals surface area contributed by atoms with E-state index in [9.17, 15) is 19.2 Å². The van der Waals surface area contributed by atoms with Gasteiger partial charge in [-0.25, -0.2) is 4.79 Å². The second kappa shape index (κ2) is 15.8.